The second-order valence-electron chi connectivity index (χ2n) is 6.14. The van der Waals surface area contributed by atoms with Gasteiger partial charge in [-0.25, -0.2) is 13.2 Å². The number of benzene rings is 1. The lowest BCUT2D eigenvalue weighted by Crippen LogP contribution is -2.43. The Morgan fingerprint density at radius 2 is 1.78 bits per heavy atom. The molecule has 23 heavy (non-hydrogen) atoms. The first-order valence-electron chi connectivity index (χ1n) is 7.57. The van der Waals surface area contributed by atoms with Crippen LogP contribution >= 0.6 is 0 Å². The molecule has 0 saturated heterocycles. The van der Waals surface area contributed by atoms with E-state index < -0.39 is 27.1 Å². The molecule has 1 saturated carbocycles. The average molecular weight is 339 g/mol. The molecule has 7 heteroatoms. The monoisotopic (exact) mass is 339 g/mol. The van der Waals surface area contributed by atoms with E-state index in [9.17, 15) is 18.0 Å². The number of rotatable bonds is 7. The van der Waals surface area contributed by atoms with Crippen LogP contribution in [0.4, 0.5) is 0 Å². The molecule has 2 rings (SSSR count). The Morgan fingerprint density at radius 1 is 1.22 bits per heavy atom. The number of carbonyl (C=O) groups is 2. The van der Waals surface area contributed by atoms with Crippen molar-refractivity contribution in [3.8, 4) is 0 Å². The lowest BCUT2D eigenvalue weighted by molar-refractivity contribution is -0.142. The number of hydrogen-bond acceptors (Lipinski definition) is 4. The summed E-state index contributed by atoms with van der Waals surface area (Å²) in [5.74, 6) is -1.36. The Morgan fingerprint density at radius 3 is 2.22 bits per heavy atom. The van der Waals surface area contributed by atoms with Gasteiger partial charge in [-0.1, -0.05) is 12.1 Å². The normalized spacial score (nSPS) is 16.1. The smallest absolute Gasteiger partial charge is 0.326 e. The van der Waals surface area contributed by atoms with E-state index in [-0.39, 0.29) is 23.1 Å². The molecule has 2 N–H and O–H groups in total. The van der Waals surface area contributed by atoms with Gasteiger partial charge in [-0.15, -0.1) is 0 Å². The molecule has 1 aliphatic rings. The number of hydrogen-bond donors (Lipinski definition) is 2. The zero-order valence-electron chi connectivity index (χ0n) is 13.2. The molecule has 0 bridgehead atoms. The molecule has 0 spiro atoms. The molecule has 1 amide bonds. The lowest BCUT2D eigenvalue weighted by atomic mass is 10.1. The average Bonchev–Trinajstić information content (AvgIpc) is 3.29. The maximum atomic E-state index is 12.0. The zero-order chi connectivity index (χ0) is 17.2. The first-order valence-corrected chi connectivity index (χ1v) is 9.11. The van der Waals surface area contributed by atoms with Gasteiger partial charge in [-0.2, -0.15) is 0 Å². The Bertz CT molecular complexity index is 690. The van der Waals surface area contributed by atoms with Crippen LogP contribution in [0.2, 0.25) is 0 Å². The van der Waals surface area contributed by atoms with E-state index in [0.717, 1.165) is 12.8 Å². The number of carbonyl (C=O) groups excluding carboxylic acids is 1. The largest absolute Gasteiger partial charge is 0.480 e. The summed E-state index contributed by atoms with van der Waals surface area (Å²) in [5.41, 5.74) is 0.644. The van der Waals surface area contributed by atoms with Gasteiger partial charge >= 0.3 is 5.97 Å². The molecule has 1 aromatic carbocycles. The third kappa shape index (κ3) is 4.31. The number of carboxylic acids is 1. The summed E-state index contributed by atoms with van der Waals surface area (Å²) in [4.78, 5) is 23.3. The summed E-state index contributed by atoms with van der Waals surface area (Å²) in [6.45, 7) is 3.22. The van der Waals surface area contributed by atoms with E-state index in [1.807, 2.05) is 0 Å². The molecule has 0 aromatic heterocycles. The quantitative estimate of drug-likeness (QED) is 0.782. The molecule has 126 valence electrons. The van der Waals surface area contributed by atoms with Crippen molar-refractivity contribution in [2.24, 2.45) is 5.92 Å². The van der Waals surface area contributed by atoms with E-state index in [1.165, 1.54) is 12.1 Å². The molecular formula is C16H21NO5S. The van der Waals surface area contributed by atoms with Crippen molar-refractivity contribution in [1.82, 2.24) is 5.32 Å². The second-order valence-corrected chi connectivity index (χ2v) is 8.64. The van der Waals surface area contributed by atoms with Crippen molar-refractivity contribution < 1.29 is 23.1 Å². The van der Waals surface area contributed by atoms with Crippen molar-refractivity contribution in [2.45, 2.75) is 49.3 Å². The Labute approximate surface area is 135 Å². The molecule has 6 nitrogen and oxygen atoms in total. The summed E-state index contributed by atoms with van der Waals surface area (Å²) in [5, 5.41) is 11.1. The SMILES string of the molecule is CC(C)S(=O)(=O)c1ccc(CC(=O)NC(C(=O)O)C2CC2)cc1. The number of aliphatic carboxylic acids is 1. The van der Waals surface area contributed by atoms with Crippen LogP contribution in [0.5, 0.6) is 0 Å². The van der Waals surface area contributed by atoms with Gasteiger partial charge < -0.3 is 10.4 Å². The highest BCUT2D eigenvalue weighted by Crippen LogP contribution is 2.32. The minimum Gasteiger partial charge on any atom is -0.480 e. The van der Waals surface area contributed by atoms with Crippen LogP contribution in [-0.4, -0.2) is 36.7 Å². The Kier molecular flexibility index (Phi) is 5.09. The van der Waals surface area contributed by atoms with E-state index >= 15 is 0 Å². The van der Waals surface area contributed by atoms with Gasteiger partial charge in [0.15, 0.2) is 9.84 Å². The molecular weight excluding hydrogens is 318 g/mol. The summed E-state index contributed by atoms with van der Waals surface area (Å²) >= 11 is 0. The van der Waals surface area contributed by atoms with Crippen LogP contribution < -0.4 is 5.32 Å². The van der Waals surface area contributed by atoms with Crippen molar-refractivity contribution in [2.75, 3.05) is 0 Å². The van der Waals surface area contributed by atoms with Gasteiger partial charge in [0.2, 0.25) is 5.91 Å². The highest BCUT2D eigenvalue weighted by molar-refractivity contribution is 7.92. The van der Waals surface area contributed by atoms with E-state index in [0.29, 0.717) is 5.56 Å². The van der Waals surface area contributed by atoms with Crippen LogP contribution in [0, 0.1) is 5.92 Å². The third-order valence-electron chi connectivity index (χ3n) is 3.91. The molecule has 1 aliphatic carbocycles. The minimum absolute atomic E-state index is 0.0232. The Hall–Kier alpha value is -1.89. The van der Waals surface area contributed by atoms with Gasteiger partial charge in [-0.3, -0.25) is 4.79 Å². The topological polar surface area (TPSA) is 101 Å². The third-order valence-corrected chi connectivity index (χ3v) is 6.08. The first kappa shape index (κ1) is 17.5. The van der Waals surface area contributed by atoms with Crippen LogP contribution in [0.1, 0.15) is 32.3 Å². The number of sulfone groups is 1. The number of nitrogens with one attached hydrogen (secondary N) is 1. The summed E-state index contributed by atoms with van der Waals surface area (Å²) in [6, 6.07) is 5.30. The van der Waals surface area contributed by atoms with Gasteiger partial charge in [-0.05, 0) is 50.3 Å². The fourth-order valence-electron chi connectivity index (χ4n) is 2.29. The van der Waals surface area contributed by atoms with Crippen LogP contribution in [0.15, 0.2) is 29.2 Å². The fourth-order valence-corrected chi connectivity index (χ4v) is 3.35. The number of carboxylic acid groups (broad SMARTS) is 1. The van der Waals surface area contributed by atoms with Crippen LogP contribution in [0.25, 0.3) is 0 Å². The van der Waals surface area contributed by atoms with E-state index in [2.05, 4.69) is 5.32 Å². The predicted octanol–water partition coefficient (Wildman–Crippen LogP) is 1.39. The fraction of sp³-hybridized carbons (Fsp3) is 0.500. The summed E-state index contributed by atoms with van der Waals surface area (Å²) in [7, 11) is -3.33. The molecule has 1 unspecified atom stereocenters. The summed E-state index contributed by atoms with van der Waals surface area (Å²) in [6.07, 6.45) is 1.66. The molecule has 0 aliphatic heterocycles. The summed E-state index contributed by atoms with van der Waals surface area (Å²) < 4.78 is 24.0. The highest BCUT2D eigenvalue weighted by atomic mass is 32.2. The zero-order valence-corrected chi connectivity index (χ0v) is 14.0. The molecule has 0 heterocycles. The van der Waals surface area contributed by atoms with Crippen molar-refractivity contribution >= 4 is 21.7 Å². The number of amides is 1. The van der Waals surface area contributed by atoms with Crippen LogP contribution in [0.3, 0.4) is 0 Å². The molecule has 1 atom stereocenters. The van der Waals surface area contributed by atoms with E-state index in [4.69, 9.17) is 5.11 Å². The van der Waals surface area contributed by atoms with Crippen molar-refractivity contribution in [3.05, 3.63) is 29.8 Å². The lowest BCUT2D eigenvalue weighted by Gasteiger charge is -2.13. The second kappa shape index (κ2) is 6.70. The maximum Gasteiger partial charge on any atom is 0.326 e. The molecule has 1 fully saturated rings. The molecule has 0 radical (unpaired) electrons. The van der Waals surface area contributed by atoms with Crippen LogP contribution in [-0.2, 0) is 25.8 Å². The van der Waals surface area contributed by atoms with Crippen molar-refractivity contribution in [1.29, 1.82) is 0 Å². The minimum atomic E-state index is -3.33. The van der Waals surface area contributed by atoms with Gasteiger partial charge in [0.1, 0.15) is 6.04 Å². The predicted molar refractivity (Wildman–Crippen MR) is 84.8 cm³/mol. The van der Waals surface area contributed by atoms with Gasteiger partial charge in [0.25, 0.3) is 0 Å². The molecule has 1 aromatic rings. The maximum absolute atomic E-state index is 12.0. The van der Waals surface area contributed by atoms with Gasteiger partial charge in [0, 0.05) is 0 Å². The Balaban J connectivity index is 2.00. The highest BCUT2D eigenvalue weighted by Gasteiger charge is 2.37. The standard InChI is InChI=1S/C16H21NO5S/c1-10(2)23(21,22)13-7-3-11(4-8-13)9-14(18)17-15(16(19)20)12-5-6-12/h3-4,7-8,10,12,15H,5-6,9H2,1-2H3,(H,17,18)(H,19,20). The van der Waals surface area contributed by atoms with Crippen molar-refractivity contribution in [3.63, 3.8) is 0 Å². The van der Waals surface area contributed by atoms with E-state index in [1.54, 1.807) is 26.0 Å². The van der Waals surface area contributed by atoms with Gasteiger partial charge in [0.05, 0.1) is 16.6 Å². The first-order chi connectivity index (χ1) is 10.7.